The Hall–Kier alpha value is -2.30. The predicted octanol–water partition coefficient (Wildman–Crippen LogP) is 1.10. The monoisotopic (exact) mass is 261 g/mol. The predicted molar refractivity (Wildman–Crippen MR) is 68.4 cm³/mol. The van der Waals surface area contributed by atoms with Gasteiger partial charge in [0.15, 0.2) is 5.57 Å². The summed E-state index contributed by atoms with van der Waals surface area (Å²) in [7, 11) is 0. The molecule has 2 N–H and O–H groups in total. The molecule has 19 heavy (non-hydrogen) atoms. The van der Waals surface area contributed by atoms with Crippen LogP contribution in [0, 0.1) is 0 Å². The van der Waals surface area contributed by atoms with E-state index in [1.165, 1.54) is 0 Å². The van der Waals surface area contributed by atoms with Crippen LogP contribution >= 0.6 is 0 Å². The topological polar surface area (TPSA) is 75.6 Å². The fourth-order valence-corrected chi connectivity index (χ4v) is 1.99. The van der Waals surface area contributed by atoms with E-state index in [9.17, 15) is 14.7 Å². The number of hydrogen-bond donors (Lipinski definition) is 2. The summed E-state index contributed by atoms with van der Waals surface area (Å²) < 4.78 is 4.75. The van der Waals surface area contributed by atoms with Gasteiger partial charge in [-0.25, -0.2) is 4.79 Å². The van der Waals surface area contributed by atoms with Crippen LogP contribution in [-0.4, -0.2) is 29.6 Å². The number of benzene rings is 1. The van der Waals surface area contributed by atoms with Crippen molar-refractivity contribution in [2.24, 2.45) is 0 Å². The van der Waals surface area contributed by atoms with E-state index in [2.05, 4.69) is 5.32 Å². The maximum Gasteiger partial charge on any atom is 0.347 e. The van der Waals surface area contributed by atoms with E-state index >= 15 is 0 Å². The molecule has 1 aliphatic heterocycles. The molecule has 0 radical (unpaired) electrons. The van der Waals surface area contributed by atoms with Gasteiger partial charge in [-0.2, -0.15) is 0 Å². The Balaban J connectivity index is 2.17. The molecule has 1 aliphatic rings. The summed E-state index contributed by atoms with van der Waals surface area (Å²) in [5.74, 6) is -1.61. The lowest BCUT2D eigenvalue weighted by atomic mass is 10.0. The molecule has 0 aliphatic carbocycles. The molecule has 0 aromatic heterocycles. The molecule has 1 unspecified atom stereocenters. The van der Waals surface area contributed by atoms with Crippen LogP contribution in [0.2, 0.25) is 0 Å². The average molecular weight is 261 g/mol. The number of esters is 1. The van der Waals surface area contributed by atoms with E-state index < -0.39 is 17.9 Å². The second-order valence-corrected chi connectivity index (χ2v) is 4.20. The summed E-state index contributed by atoms with van der Waals surface area (Å²) in [4.78, 5) is 23.2. The van der Waals surface area contributed by atoms with Gasteiger partial charge in [-0.3, -0.25) is 4.79 Å². The molecule has 1 aromatic carbocycles. The number of nitrogens with one attached hydrogen (secondary N) is 1. The smallest absolute Gasteiger partial charge is 0.347 e. The highest BCUT2D eigenvalue weighted by Gasteiger charge is 2.36. The first-order valence-electron chi connectivity index (χ1n) is 6.08. The van der Waals surface area contributed by atoms with Gasteiger partial charge >= 0.3 is 5.97 Å². The van der Waals surface area contributed by atoms with Crippen molar-refractivity contribution in [3.63, 3.8) is 0 Å². The summed E-state index contributed by atoms with van der Waals surface area (Å²) in [6.45, 7) is 1.80. The van der Waals surface area contributed by atoms with Crippen LogP contribution in [0.5, 0.6) is 0 Å². The molecule has 5 nitrogen and oxygen atoms in total. The summed E-state index contributed by atoms with van der Waals surface area (Å²) in [6, 6.07) is 8.84. The van der Waals surface area contributed by atoms with Crippen molar-refractivity contribution in [3.05, 3.63) is 47.2 Å². The first-order valence-corrected chi connectivity index (χ1v) is 6.08. The zero-order chi connectivity index (χ0) is 13.8. The van der Waals surface area contributed by atoms with Crippen molar-refractivity contribution in [1.82, 2.24) is 5.32 Å². The van der Waals surface area contributed by atoms with Crippen molar-refractivity contribution in [1.29, 1.82) is 0 Å². The lowest BCUT2D eigenvalue weighted by Crippen LogP contribution is -2.31. The molecule has 2 rings (SSSR count). The van der Waals surface area contributed by atoms with Gasteiger partial charge in [0.2, 0.25) is 0 Å². The van der Waals surface area contributed by atoms with Gasteiger partial charge in [0, 0.05) is 0 Å². The molecular weight excluding hydrogens is 246 g/mol. The molecule has 5 heteroatoms. The molecular formula is C14H15NO4. The molecule has 0 spiro atoms. The number of aliphatic hydroxyl groups excluding tert-OH is 1. The van der Waals surface area contributed by atoms with Crippen molar-refractivity contribution in [2.75, 3.05) is 6.61 Å². The van der Waals surface area contributed by atoms with E-state index in [0.717, 1.165) is 5.56 Å². The van der Waals surface area contributed by atoms with E-state index in [4.69, 9.17) is 4.74 Å². The van der Waals surface area contributed by atoms with Gasteiger partial charge in [0.25, 0.3) is 5.91 Å². The van der Waals surface area contributed by atoms with Gasteiger partial charge in [0.1, 0.15) is 5.76 Å². The highest BCUT2D eigenvalue weighted by molar-refractivity contribution is 6.18. The molecule has 100 valence electrons. The Kier molecular flexibility index (Phi) is 3.85. The maximum atomic E-state index is 11.7. The SMILES string of the molecule is CCOC(=O)C1=C(O)C(Cc2ccccc2)NC1=O. The minimum atomic E-state index is -0.784. The lowest BCUT2D eigenvalue weighted by Gasteiger charge is -2.10. The molecule has 1 atom stereocenters. The molecule has 1 heterocycles. The number of carbonyl (C=O) groups excluding carboxylic acids is 2. The van der Waals surface area contributed by atoms with E-state index in [-0.39, 0.29) is 17.9 Å². The third-order valence-electron chi connectivity index (χ3n) is 2.88. The van der Waals surface area contributed by atoms with Crippen molar-refractivity contribution in [2.45, 2.75) is 19.4 Å². The Morgan fingerprint density at radius 1 is 1.37 bits per heavy atom. The fourth-order valence-electron chi connectivity index (χ4n) is 1.99. The minimum absolute atomic E-state index is 0.159. The Morgan fingerprint density at radius 3 is 2.68 bits per heavy atom. The molecule has 0 saturated heterocycles. The van der Waals surface area contributed by atoms with Gasteiger partial charge in [0.05, 0.1) is 12.6 Å². The summed E-state index contributed by atoms with van der Waals surface area (Å²) >= 11 is 0. The first kappa shape index (κ1) is 13.1. The van der Waals surface area contributed by atoms with E-state index in [1.54, 1.807) is 6.92 Å². The number of ether oxygens (including phenoxy) is 1. The lowest BCUT2D eigenvalue weighted by molar-refractivity contribution is -0.140. The van der Waals surface area contributed by atoms with E-state index in [1.807, 2.05) is 30.3 Å². The number of amides is 1. The van der Waals surface area contributed by atoms with Crippen LogP contribution in [0.1, 0.15) is 12.5 Å². The zero-order valence-corrected chi connectivity index (χ0v) is 10.6. The molecule has 0 saturated carbocycles. The Bertz CT molecular complexity index is 522. The van der Waals surface area contributed by atoms with Crippen LogP contribution in [0.25, 0.3) is 0 Å². The van der Waals surface area contributed by atoms with Crippen LogP contribution < -0.4 is 5.32 Å². The number of aliphatic hydroxyl groups is 1. The van der Waals surface area contributed by atoms with Gasteiger partial charge in [-0.05, 0) is 18.9 Å². The summed E-state index contributed by atoms with van der Waals surface area (Å²) in [5, 5.41) is 12.6. The van der Waals surface area contributed by atoms with Gasteiger partial charge in [-0.1, -0.05) is 30.3 Å². The van der Waals surface area contributed by atoms with Crippen LogP contribution in [0.3, 0.4) is 0 Å². The number of rotatable bonds is 4. The second kappa shape index (κ2) is 5.56. The third kappa shape index (κ3) is 2.76. The normalized spacial score (nSPS) is 18.4. The Labute approximate surface area is 110 Å². The Morgan fingerprint density at radius 2 is 2.05 bits per heavy atom. The minimum Gasteiger partial charge on any atom is -0.509 e. The first-order chi connectivity index (χ1) is 9.13. The quantitative estimate of drug-likeness (QED) is 0.628. The highest BCUT2D eigenvalue weighted by Crippen LogP contribution is 2.19. The van der Waals surface area contributed by atoms with Crippen LogP contribution in [0.15, 0.2) is 41.7 Å². The van der Waals surface area contributed by atoms with Gasteiger partial charge < -0.3 is 15.2 Å². The maximum absolute atomic E-state index is 11.7. The van der Waals surface area contributed by atoms with Crippen LogP contribution in [0.4, 0.5) is 0 Å². The standard InChI is InChI=1S/C14H15NO4/c1-2-19-14(18)11-12(16)10(15-13(11)17)8-9-6-4-3-5-7-9/h3-7,10,16H,2,8H2,1H3,(H,15,17). The molecule has 1 amide bonds. The van der Waals surface area contributed by atoms with E-state index in [0.29, 0.717) is 6.42 Å². The van der Waals surface area contributed by atoms with Crippen LogP contribution in [-0.2, 0) is 20.7 Å². The molecule has 0 fully saturated rings. The summed E-state index contributed by atoms with van der Waals surface area (Å²) in [6.07, 6.45) is 0.432. The summed E-state index contributed by atoms with van der Waals surface area (Å²) in [5.41, 5.74) is 0.673. The van der Waals surface area contributed by atoms with Crippen molar-refractivity contribution >= 4 is 11.9 Å². The number of carbonyl (C=O) groups is 2. The largest absolute Gasteiger partial charge is 0.509 e. The van der Waals surface area contributed by atoms with Crippen molar-refractivity contribution in [3.8, 4) is 0 Å². The third-order valence-corrected chi connectivity index (χ3v) is 2.88. The van der Waals surface area contributed by atoms with Crippen molar-refractivity contribution < 1.29 is 19.4 Å². The second-order valence-electron chi connectivity index (χ2n) is 4.20. The average Bonchev–Trinajstić information content (AvgIpc) is 2.66. The molecule has 0 bridgehead atoms. The zero-order valence-electron chi connectivity index (χ0n) is 10.6. The number of hydrogen-bond acceptors (Lipinski definition) is 4. The van der Waals surface area contributed by atoms with Gasteiger partial charge in [-0.15, -0.1) is 0 Å². The fraction of sp³-hybridized carbons (Fsp3) is 0.286. The highest BCUT2D eigenvalue weighted by atomic mass is 16.5. The molecule has 1 aromatic rings.